The lowest BCUT2D eigenvalue weighted by atomic mass is 10.1. The molecule has 0 aliphatic rings. The van der Waals surface area contributed by atoms with Crippen LogP contribution in [-0.2, 0) is 11.2 Å². The van der Waals surface area contributed by atoms with E-state index in [2.05, 4.69) is 10.3 Å². The second-order valence-electron chi connectivity index (χ2n) is 5.27. The SMILES string of the molecule is CN(C)CC(C)(O)CNC(=O)Cc1ccc(N)cn1. The Kier molecular flexibility index (Phi) is 5.26. The van der Waals surface area contributed by atoms with Gasteiger partial charge in [-0.1, -0.05) is 0 Å². The van der Waals surface area contributed by atoms with Crippen LogP contribution in [0.5, 0.6) is 0 Å². The summed E-state index contributed by atoms with van der Waals surface area (Å²) in [7, 11) is 3.74. The van der Waals surface area contributed by atoms with Crippen LogP contribution in [0.15, 0.2) is 18.3 Å². The average molecular weight is 266 g/mol. The van der Waals surface area contributed by atoms with Crippen molar-refractivity contribution < 1.29 is 9.90 Å². The third-order valence-electron chi connectivity index (χ3n) is 2.51. The van der Waals surface area contributed by atoms with Crippen LogP contribution in [0.1, 0.15) is 12.6 Å². The molecule has 0 aliphatic carbocycles. The summed E-state index contributed by atoms with van der Waals surface area (Å²) in [5.74, 6) is -0.170. The number of nitrogens with one attached hydrogen (secondary N) is 1. The van der Waals surface area contributed by atoms with Gasteiger partial charge in [0.2, 0.25) is 5.91 Å². The number of hydrogen-bond acceptors (Lipinski definition) is 5. The van der Waals surface area contributed by atoms with Crippen LogP contribution in [0, 0.1) is 0 Å². The Morgan fingerprint density at radius 2 is 2.21 bits per heavy atom. The number of nitrogen functional groups attached to an aromatic ring is 1. The van der Waals surface area contributed by atoms with E-state index < -0.39 is 5.60 Å². The Labute approximate surface area is 113 Å². The number of aromatic nitrogens is 1. The van der Waals surface area contributed by atoms with E-state index in [1.165, 1.54) is 6.20 Å². The minimum atomic E-state index is -0.951. The molecule has 6 heteroatoms. The fourth-order valence-electron chi connectivity index (χ4n) is 1.79. The lowest BCUT2D eigenvalue weighted by Gasteiger charge is -2.27. The minimum Gasteiger partial charge on any atom is -0.397 e. The summed E-state index contributed by atoms with van der Waals surface area (Å²) in [6.07, 6.45) is 1.70. The third-order valence-corrected chi connectivity index (χ3v) is 2.51. The zero-order chi connectivity index (χ0) is 14.5. The summed E-state index contributed by atoms with van der Waals surface area (Å²) in [5, 5.41) is 12.8. The first kappa shape index (κ1) is 15.4. The molecular formula is C13H22N4O2. The first-order valence-electron chi connectivity index (χ1n) is 6.13. The molecule has 0 fully saturated rings. The van der Waals surface area contributed by atoms with Gasteiger partial charge in [0, 0.05) is 18.8 Å². The summed E-state index contributed by atoms with van der Waals surface area (Å²) < 4.78 is 0. The summed E-state index contributed by atoms with van der Waals surface area (Å²) in [5.41, 5.74) is 5.79. The Morgan fingerprint density at radius 1 is 1.53 bits per heavy atom. The van der Waals surface area contributed by atoms with E-state index in [0.717, 1.165) is 0 Å². The van der Waals surface area contributed by atoms with Gasteiger partial charge in [0.05, 0.1) is 23.9 Å². The van der Waals surface area contributed by atoms with E-state index in [4.69, 9.17) is 5.73 Å². The second-order valence-corrected chi connectivity index (χ2v) is 5.27. The number of anilines is 1. The Bertz CT molecular complexity index is 415. The monoisotopic (exact) mass is 266 g/mol. The molecule has 1 heterocycles. The summed E-state index contributed by atoms with van der Waals surface area (Å²) in [6, 6.07) is 3.42. The minimum absolute atomic E-state index is 0.170. The lowest BCUT2D eigenvalue weighted by Crippen LogP contribution is -2.47. The Hall–Kier alpha value is -1.66. The van der Waals surface area contributed by atoms with Gasteiger partial charge in [-0.25, -0.2) is 0 Å². The summed E-state index contributed by atoms with van der Waals surface area (Å²) in [6.45, 7) is 2.38. The zero-order valence-corrected chi connectivity index (χ0v) is 11.7. The number of amides is 1. The predicted octanol–water partition coefficient (Wildman–Crippen LogP) is -0.365. The Morgan fingerprint density at radius 3 is 2.74 bits per heavy atom. The molecule has 1 amide bonds. The van der Waals surface area contributed by atoms with Gasteiger partial charge in [0.1, 0.15) is 0 Å². The fourth-order valence-corrected chi connectivity index (χ4v) is 1.79. The number of aliphatic hydroxyl groups is 1. The highest BCUT2D eigenvalue weighted by Gasteiger charge is 2.22. The molecular weight excluding hydrogens is 244 g/mol. The van der Waals surface area contributed by atoms with Crippen molar-refractivity contribution in [3.05, 3.63) is 24.0 Å². The fraction of sp³-hybridized carbons (Fsp3) is 0.538. The molecule has 1 aromatic rings. The van der Waals surface area contributed by atoms with E-state index in [1.54, 1.807) is 19.1 Å². The molecule has 1 rings (SSSR count). The number of pyridine rings is 1. The second kappa shape index (κ2) is 6.49. The van der Waals surface area contributed by atoms with Crippen molar-refractivity contribution in [3.63, 3.8) is 0 Å². The van der Waals surface area contributed by atoms with Crippen molar-refractivity contribution in [1.29, 1.82) is 0 Å². The van der Waals surface area contributed by atoms with E-state index in [-0.39, 0.29) is 18.9 Å². The highest BCUT2D eigenvalue weighted by atomic mass is 16.3. The first-order valence-corrected chi connectivity index (χ1v) is 6.13. The maximum Gasteiger partial charge on any atom is 0.226 e. The number of hydrogen-bond donors (Lipinski definition) is 3. The number of carbonyl (C=O) groups is 1. The number of likely N-dealkylation sites (N-methyl/N-ethyl adjacent to an activating group) is 1. The molecule has 0 spiro atoms. The third kappa shape index (κ3) is 6.17. The molecule has 1 aromatic heterocycles. The number of nitrogens with zero attached hydrogens (tertiary/aromatic N) is 2. The molecule has 0 aromatic carbocycles. The molecule has 0 saturated heterocycles. The molecule has 106 valence electrons. The van der Waals surface area contributed by atoms with Crippen LogP contribution >= 0.6 is 0 Å². The van der Waals surface area contributed by atoms with Crippen molar-refractivity contribution in [2.75, 3.05) is 32.9 Å². The standard InChI is InChI=1S/C13H22N4O2/c1-13(19,9-17(2)3)8-16-12(18)6-11-5-4-10(14)7-15-11/h4-5,7,19H,6,8-9,14H2,1-3H3,(H,16,18). The van der Waals surface area contributed by atoms with Crippen molar-refractivity contribution in [2.24, 2.45) is 0 Å². The van der Waals surface area contributed by atoms with Gasteiger partial charge in [-0.2, -0.15) is 0 Å². The van der Waals surface area contributed by atoms with Crippen LogP contribution < -0.4 is 11.1 Å². The highest BCUT2D eigenvalue weighted by molar-refractivity contribution is 5.78. The molecule has 6 nitrogen and oxygen atoms in total. The quantitative estimate of drug-likeness (QED) is 0.654. The molecule has 1 unspecified atom stereocenters. The molecule has 0 radical (unpaired) electrons. The van der Waals surface area contributed by atoms with Crippen molar-refractivity contribution in [2.45, 2.75) is 18.9 Å². The van der Waals surface area contributed by atoms with Gasteiger partial charge < -0.3 is 21.1 Å². The maximum absolute atomic E-state index is 11.7. The highest BCUT2D eigenvalue weighted by Crippen LogP contribution is 2.04. The van der Waals surface area contributed by atoms with E-state index in [9.17, 15) is 9.90 Å². The van der Waals surface area contributed by atoms with Crippen LogP contribution in [-0.4, -0.2) is 53.7 Å². The van der Waals surface area contributed by atoms with Gasteiger partial charge in [-0.15, -0.1) is 0 Å². The van der Waals surface area contributed by atoms with Crippen molar-refractivity contribution >= 4 is 11.6 Å². The largest absolute Gasteiger partial charge is 0.397 e. The van der Waals surface area contributed by atoms with Crippen molar-refractivity contribution in [3.8, 4) is 0 Å². The van der Waals surface area contributed by atoms with E-state index in [0.29, 0.717) is 17.9 Å². The van der Waals surface area contributed by atoms with Gasteiger partial charge in [-0.3, -0.25) is 9.78 Å². The number of carbonyl (C=O) groups excluding carboxylic acids is 1. The van der Waals surface area contributed by atoms with Gasteiger partial charge in [0.15, 0.2) is 0 Å². The van der Waals surface area contributed by atoms with E-state index >= 15 is 0 Å². The topological polar surface area (TPSA) is 91.5 Å². The van der Waals surface area contributed by atoms with Crippen LogP contribution in [0.2, 0.25) is 0 Å². The number of nitrogens with two attached hydrogens (primary N) is 1. The molecule has 4 N–H and O–H groups in total. The zero-order valence-electron chi connectivity index (χ0n) is 11.7. The van der Waals surface area contributed by atoms with Crippen molar-refractivity contribution in [1.82, 2.24) is 15.2 Å². The maximum atomic E-state index is 11.7. The van der Waals surface area contributed by atoms with Crippen LogP contribution in [0.4, 0.5) is 5.69 Å². The molecule has 19 heavy (non-hydrogen) atoms. The smallest absolute Gasteiger partial charge is 0.226 e. The van der Waals surface area contributed by atoms with Gasteiger partial charge >= 0.3 is 0 Å². The summed E-state index contributed by atoms with van der Waals surface area (Å²) >= 11 is 0. The Balaban J connectivity index is 2.41. The summed E-state index contributed by atoms with van der Waals surface area (Å²) in [4.78, 5) is 17.6. The average Bonchev–Trinajstić information content (AvgIpc) is 2.28. The van der Waals surface area contributed by atoms with Crippen LogP contribution in [0.3, 0.4) is 0 Å². The van der Waals surface area contributed by atoms with Crippen LogP contribution in [0.25, 0.3) is 0 Å². The predicted molar refractivity (Wildman–Crippen MR) is 74.5 cm³/mol. The van der Waals surface area contributed by atoms with E-state index in [1.807, 2.05) is 19.0 Å². The molecule has 1 atom stereocenters. The molecule has 0 saturated carbocycles. The van der Waals surface area contributed by atoms with Gasteiger partial charge in [-0.05, 0) is 33.2 Å². The lowest BCUT2D eigenvalue weighted by molar-refractivity contribution is -0.121. The molecule has 0 aliphatic heterocycles. The normalized spacial score (nSPS) is 14.2. The molecule has 0 bridgehead atoms. The first-order chi connectivity index (χ1) is 8.78. The number of rotatable bonds is 6. The van der Waals surface area contributed by atoms with Gasteiger partial charge in [0.25, 0.3) is 0 Å².